The van der Waals surface area contributed by atoms with Crippen molar-refractivity contribution >= 4 is 0 Å². The van der Waals surface area contributed by atoms with Crippen molar-refractivity contribution < 1.29 is 18.6 Å². The fourth-order valence-electron chi connectivity index (χ4n) is 2.54. The van der Waals surface area contributed by atoms with Crippen LogP contribution in [-0.4, -0.2) is 32.3 Å². The van der Waals surface area contributed by atoms with Gasteiger partial charge in [0.2, 0.25) is 12.5 Å². The van der Waals surface area contributed by atoms with Gasteiger partial charge in [-0.1, -0.05) is 24.3 Å². The third kappa shape index (κ3) is 3.56. The second-order valence-electron chi connectivity index (χ2n) is 5.71. The normalized spacial score (nSPS) is 14.1. The fraction of sp³-hybridized carbons (Fsp3) is 0.333. The molecule has 0 N–H and O–H groups in total. The summed E-state index contributed by atoms with van der Waals surface area (Å²) < 4.78 is 31.1. The van der Waals surface area contributed by atoms with Gasteiger partial charge in [0.1, 0.15) is 11.9 Å². The average Bonchev–Trinajstić information content (AvgIpc) is 3.01. The van der Waals surface area contributed by atoms with Gasteiger partial charge in [-0.25, -0.2) is 4.39 Å². The molecule has 0 amide bonds. The predicted octanol–water partition coefficient (Wildman–Crippen LogP) is 3.63. The minimum Gasteiger partial charge on any atom is -0.482 e. The number of para-hydroxylation sites is 1. The van der Waals surface area contributed by atoms with E-state index < -0.39 is 6.10 Å². The van der Waals surface area contributed by atoms with Crippen molar-refractivity contribution in [2.75, 3.05) is 27.4 Å². The van der Waals surface area contributed by atoms with Gasteiger partial charge in [-0.3, -0.25) is 0 Å². The van der Waals surface area contributed by atoms with Crippen LogP contribution in [0.4, 0.5) is 4.39 Å². The van der Waals surface area contributed by atoms with E-state index in [1.807, 2.05) is 43.3 Å². The molecule has 1 unspecified atom stereocenters. The number of hydrogen-bond acceptors (Lipinski definition) is 4. The zero-order valence-electron chi connectivity index (χ0n) is 13.3. The first-order valence-corrected chi connectivity index (χ1v) is 7.59. The molecule has 1 atom stereocenters. The van der Waals surface area contributed by atoms with Crippen LogP contribution in [0.15, 0.2) is 42.5 Å². The van der Waals surface area contributed by atoms with Crippen LogP contribution in [0, 0.1) is 5.82 Å². The van der Waals surface area contributed by atoms with Crippen molar-refractivity contribution in [3.8, 4) is 17.2 Å². The smallest absolute Gasteiger partial charge is 0.231 e. The summed E-state index contributed by atoms with van der Waals surface area (Å²) >= 11 is 0. The topological polar surface area (TPSA) is 30.9 Å². The number of rotatable bonds is 6. The summed E-state index contributed by atoms with van der Waals surface area (Å²) in [6.45, 7) is 0.961. The highest BCUT2D eigenvalue weighted by Gasteiger charge is 2.23. The summed E-state index contributed by atoms with van der Waals surface area (Å²) in [5.74, 6) is 1.55. The summed E-state index contributed by atoms with van der Waals surface area (Å²) in [5.41, 5.74) is 0.547. The van der Waals surface area contributed by atoms with Crippen molar-refractivity contribution in [1.82, 2.24) is 4.90 Å². The van der Waals surface area contributed by atoms with Crippen molar-refractivity contribution in [2.45, 2.75) is 12.5 Å². The Morgan fingerprint density at radius 3 is 2.74 bits per heavy atom. The molecule has 23 heavy (non-hydrogen) atoms. The monoisotopic (exact) mass is 317 g/mol. The zero-order valence-corrected chi connectivity index (χ0v) is 13.3. The van der Waals surface area contributed by atoms with Gasteiger partial charge in [0.05, 0.1) is 0 Å². The highest BCUT2D eigenvalue weighted by atomic mass is 19.1. The first-order valence-electron chi connectivity index (χ1n) is 7.59. The quantitative estimate of drug-likeness (QED) is 0.814. The molecule has 0 aromatic heterocycles. The molecule has 4 nitrogen and oxygen atoms in total. The molecule has 5 heteroatoms. The van der Waals surface area contributed by atoms with Gasteiger partial charge in [-0.2, -0.15) is 0 Å². The maximum Gasteiger partial charge on any atom is 0.231 e. The van der Waals surface area contributed by atoms with Crippen molar-refractivity contribution in [3.63, 3.8) is 0 Å². The fourth-order valence-corrected chi connectivity index (χ4v) is 2.54. The summed E-state index contributed by atoms with van der Waals surface area (Å²) in [6, 6.07) is 12.2. The predicted molar refractivity (Wildman–Crippen MR) is 85.5 cm³/mol. The summed E-state index contributed by atoms with van der Waals surface area (Å²) in [6.07, 6.45) is 0.271. The molecule has 0 saturated heterocycles. The molecule has 3 rings (SSSR count). The van der Waals surface area contributed by atoms with Gasteiger partial charge in [0, 0.05) is 18.5 Å². The maximum atomic E-state index is 14.2. The van der Waals surface area contributed by atoms with Crippen LogP contribution in [0.3, 0.4) is 0 Å². The van der Waals surface area contributed by atoms with Crippen LogP contribution in [0.25, 0.3) is 0 Å². The van der Waals surface area contributed by atoms with Gasteiger partial charge in [0.15, 0.2) is 11.5 Å². The molecule has 0 bridgehead atoms. The van der Waals surface area contributed by atoms with Crippen LogP contribution in [0.2, 0.25) is 0 Å². The lowest BCUT2D eigenvalue weighted by atomic mass is 10.1. The van der Waals surface area contributed by atoms with E-state index in [1.54, 1.807) is 12.1 Å². The van der Waals surface area contributed by atoms with E-state index in [0.29, 0.717) is 29.2 Å². The second kappa shape index (κ2) is 6.87. The van der Waals surface area contributed by atoms with Gasteiger partial charge < -0.3 is 19.1 Å². The van der Waals surface area contributed by atoms with Gasteiger partial charge in [-0.05, 0) is 32.3 Å². The van der Waals surface area contributed by atoms with Crippen LogP contribution in [0.5, 0.6) is 17.2 Å². The molecule has 2 aromatic carbocycles. The van der Waals surface area contributed by atoms with E-state index in [0.717, 1.165) is 6.54 Å². The zero-order chi connectivity index (χ0) is 16.2. The molecule has 1 aliphatic rings. The first-order chi connectivity index (χ1) is 11.1. The Labute approximate surface area is 135 Å². The first kappa shape index (κ1) is 15.6. The number of ether oxygens (including phenoxy) is 3. The Bertz CT molecular complexity index is 675. The number of halogens is 1. The molecule has 122 valence electrons. The standard InChI is InChI=1S/C18H20FNO3/c1-20(2)11-10-15(13-6-3-4-7-14(13)19)23-17-9-5-8-16-18(17)22-12-21-16/h3-9,15H,10-12H2,1-2H3. The van der Waals surface area contributed by atoms with Gasteiger partial charge >= 0.3 is 0 Å². The van der Waals surface area contributed by atoms with Crippen molar-refractivity contribution in [1.29, 1.82) is 0 Å². The lowest BCUT2D eigenvalue weighted by Crippen LogP contribution is -2.19. The number of fused-ring (bicyclic) bond motifs is 1. The largest absolute Gasteiger partial charge is 0.482 e. The van der Waals surface area contributed by atoms with E-state index in [4.69, 9.17) is 14.2 Å². The Balaban J connectivity index is 1.87. The summed E-state index contributed by atoms with van der Waals surface area (Å²) in [5, 5.41) is 0. The third-order valence-corrected chi connectivity index (χ3v) is 3.72. The third-order valence-electron chi connectivity index (χ3n) is 3.72. The van der Waals surface area contributed by atoms with Gasteiger partial charge in [-0.15, -0.1) is 0 Å². The van der Waals surface area contributed by atoms with Crippen molar-refractivity contribution in [2.24, 2.45) is 0 Å². The Morgan fingerprint density at radius 2 is 1.96 bits per heavy atom. The molecular weight excluding hydrogens is 297 g/mol. The average molecular weight is 317 g/mol. The minimum absolute atomic E-state index is 0.178. The molecule has 0 aliphatic carbocycles. The van der Waals surface area contributed by atoms with E-state index in [9.17, 15) is 4.39 Å². The molecule has 1 aliphatic heterocycles. The molecule has 0 fully saturated rings. The molecule has 0 saturated carbocycles. The van der Waals surface area contributed by atoms with Crippen LogP contribution in [-0.2, 0) is 0 Å². The number of hydrogen-bond donors (Lipinski definition) is 0. The number of benzene rings is 2. The minimum atomic E-state index is -0.394. The van der Waals surface area contributed by atoms with Crippen molar-refractivity contribution in [3.05, 3.63) is 53.8 Å². The lowest BCUT2D eigenvalue weighted by molar-refractivity contribution is 0.151. The maximum absolute atomic E-state index is 14.2. The molecule has 0 radical (unpaired) electrons. The molecule has 2 aromatic rings. The highest BCUT2D eigenvalue weighted by Crippen LogP contribution is 2.42. The van der Waals surface area contributed by atoms with Crippen LogP contribution in [0.1, 0.15) is 18.1 Å². The SMILES string of the molecule is CN(C)CCC(Oc1cccc2c1OCO2)c1ccccc1F. The highest BCUT2D eigenvalue weighted by molar-refractivity contribution is 5.52. The molecular formula is C18H20FNO3. The Hall–Kier alpha value is -2.27. The Morgan fingerprint density at radius 1 is 1.13 bits per heavy atom. The van der Waals surface area contributed by atoms with Crippen LogP contribution >= 0.6 is 0 Å². The van der Waals surface area contributed by atoms with E-state index in [1.165, 1.54) is 6.07 Å². The Kier molecular flexibility index (Phi) is 4.67. The summed E-state index contributed by atoms with van der Waals surface area (Å²) in [7, 11) is 3.96. The second-order valence-corrected chi connectivity index (χ2v) is 5.71. The van der Waals surface area contributed by atoms with E-state index in [2.05, 4.69) is 0 Å². The number of nitrogens with zero attached hydrogens (tertiary/aromatic N) is 1. The van der Waals surface area contributed by atoms with E-state index in [-0.39, 0.29) is 12.6 Å². The molecule has 0 spiro atoms. The molecule has 1 heterocycles. The lowest BCUT2D eigenvalue weighted by Gasteiger charge is -2.22. The van der Waals surface area contributed by atoms with E-state index >= 15 is 0 Å². The summed E-state index contributed by atoms with van der Waals surface area (Å²) in [4.78, 5) is 2.05. The van der Waals surface area contributed by atoms with Gasteiger partial charge in [0.25, 0.3) is 0 Å². The van der Waals surface area contributed by atoms with Crippen LogP contribution < -0.4 is 14.2 Å².